The van der Waals surface area contributed by atoms with Crippen LogP contribution < -0.4 is 5.32 Å². The summed E-state index contributed by atoms with van der Waals surface area (Å²) in [5.74, 6) is -0.312. The number of carbonyl (C=O) groups excluding carboxylic acids is 1. The molecule has 3 aromatic carbocycles. The van der Waals surface area contributed by atoms with E-state index in [-0.39, 0.29) is 37.6 Å². The van der Waals surface area contributed by atoms with Gasteiger partial charge in [0.05, 0.1) is 29.0 Å². The highest BCUT2D eigenvalue weighted by molar-refractivity contribution is 8.01. The topological polar surface area (TPSA) is 118 Å². The number of hydrogen-bond donors (Lipinski definition) is 3. The molecule has 4 aromatic rings. The third kappa shape index (κ3) is 8.15. The van der Waals surface area contributed by atoms with E-state index in [1.807, 2.05) is 66.7 Å². The molecule has 1 aromatic heterocycles. The number of carboxylic acid groups (broad SMARTS) is 1. The van der Waals surface area contributed by atoms with Crippen LogP contribution in [-0.2, 0) is 25.7 Å². The Bertz CT molecular complexity index is 1440. The molecule has 3 atom stereocenters. The van der Waals surface area contributed by atoms with Gasteiger partial charge in [0, 0.05) is 36.3 Å². The van der Waals surface area contributed by atoms with Gasteiger partial charge in [-0.3, -0.25) is 9.59 Å². The third-order valence-corrected chi connectivity index (χ3v) is 9.08. The molecule has 8 nitrogen and oxygen atoms in total. The van der Waals surface area contributed by atoms with Crippen LogP contribution in [0.25, 0.3) is 10.2 Å². The number of para-hydroxylation sites is 1. The lowest BCUT2D eigenvalue weighted by atomic mass is 10.0. The zero-order valence-electron chi connectivity index (χ0n) is 22.4. The van der Waals surface area contributed by atoms with Gasteiger partial charge in [0.25, 0.3) is 0 Å². The highest BCUT2D eigenvalue weighted by atomic mass is 32.2. The van der Waals surface area contributed by atoms with Gasteiger partial charge in [-0.2, -0.15) is 0 Å². The van der Waals surface area contributed by atoms with Crippen molar-refractivity contribution in [2.45, 2.75) is 61.5 Å². The first-order valence-electron chi connectivity index (χ1n) is 13.6. The Morgan fingerprint density at radius 3 is 2.56 bits per heavy atom. The quantitative estimate of drug-likeness (QED) is 0.123. The molecule has 0 saturated carbocycles. The fraction of sp³-hybridized carbons (Fsp3) is 0.323. The van der Waals surface area contributed by atoms with Gasteiger partial charge in [-0.1, -0.05) is 60.3 Å². The largest absolute Gasteiger partial charge is 0.481 e. The monoisotopic (exact) mass is 592 g/mol. The number of rotatable bonds is 12. The maximum absolute atomic E-state index is 12.4. The highest BCUT2D eigenvalue weighted by Gasteiger charge is 2.32. The standard InChI is InChI=1S/C31H32N2O6S2/c34-18-20-12-14-21(15-13-20)26-17-24(19-40-31-33-25-8-1-2-9-27(25)41-31)38-30(39-26)22-6-5-7-23(16-22)32-28(35)10-3-4-11-29(36)37/h1-2,5-9,12-16,24,26,30,34H,3-4,10-11,17-19H2,(H,32,35)(H,36,37). The Kier molecular flexibility index (Phi) is 10.0. The van der Waals surface area contributed by atoms with Crippen molar-refractivity contribution >= 4 is 50.9 Å². The van der Waals surface area contributed by atoms with Crippen LogP contribution in [0, 0.1) is 0 Å². The first-order valence-corrected chi connectivity index (χ1v) is 15.4. The Morgan fingerprint density at radius 1 is 0.976 bits per heavy atom. The Labute approximate surface area is 246 Å². The lowest BCUT2D eigenvalue weighted by molar-refractivity contribution is -0.245. The highest BCUT2D eigenvalue weighted by Crippen LogP contribution is 2.40. The molecular weight excluding hydrogens is 560 g/mol. The number of thiazole rings is 1. The number of unbranched alkanes of at least 4 members (excludes halogenated alkanes) is 1. The summed E-state index contributed by atoms with van der Waals surface area (Å²) < 4.78 is 15.1. The van der Waals surface area contributed by atoms with Gasteiger partial charge < -0.3 is 25.0 Å². The third-order valence-electron chi connectivity index (χ3n) is 6.77. The van der Waals surface area contributed by atoms with Crippen LogP contribution >= 0.6 is 23.1 Å². The number of fused-ring (bicyclic) bond motifs is 1. The number of aliphatic hydroxyl groups excluding tert-OH is 1. The molecule has 5 rings (SSSR count). The maximum atomic E-state index is 12.4. The van der Waals surface area contributed by atoms with Crippen molar-refractivity contribution in [1.29, 1.82) is 0 Å². The molecular formula is C31H32N2O6S2. The number of amides is 1. The van der Waals surface area contributed by atoms with Gasteiger partial charge in [-0.25, -0.2) is 4.98 Å². The summed E-state index contributed by atoms with van der Waals surface area (Å²) in [5.41, 5.74) is 4.27. The number of aliphatic carboxylic acids is 1. The Balaban J connectivity index is 1.28. The minimum Gasteiger partial charge on any atom is -0.481 e. The second-order valence-electron chi connectivity index (χ2n) is 9.88. The van der Waals surface area contributed by atoms with Crippen LogP contribution in [0.2, 0.25) is 0 Å². The number of hydrogen-bond acceptors (Lipinski definition) is 8. The molecule has 41 heavy (non-hydrogen) atoms. The van der Waals surface area contributed by atoms with Crippen LogP contribution in [0.15, 0.2) is 77.1 Å². The fourth-order valence-corrected chi connectivity index (χ4v) is 6.76. The number of nitrogens with zero attached hydrogens (tertiary/aromatic N) is 1. The number of aliphatic hydroxyl groups is 1. The molecule has 0 radical (unpaired) electrons. The Hall–Kier alpha value is -3.28. The van der Waals surface area contributed by atoms with Crippen LogP contribution in [0.1, 0.15) is 61.2 Å². The Morgan fingerprint density at radius 2 is 1.78 bits per heavy atom. The molecule has 1 aliphatic rings. The smallest absolute Gasteiger partial charge is 0.303 e. The molecule has 2 heterocycles. The molecule has 0 spiro atoms. The zero-order chi connectivity index (χ0) is 28.6. The molecule has 3 unspecified atom stereocenters. The second-order valence-corrected chi connectivity index (χ2v) is 12.2. The lowest BCUT2D eigenvalue weighted by Gasteiger charge is -2.36. The van der Waals surface area contributed by atoms with Gasteiger partial charge in [0.2, 0.25) is 5.91 Å². The van der Waals surface area contributed by atoms with E-state index in [1.165, 1.54) is 0 Å². The van der Waals surface area contributed by atoms with Gasteiger partial charge in [0.15, 0.2) is 10.6 Å². The van der Waals surface area contributed by atoms with Crippen LogP contribution in [0.5, 0.6) is 0 Å². The fourth-order valence-electron chi connectivity index (χ4n) is 4.65. The average Bonchev–Trinajstić information content (AvgIpc) is 3.41. The number of carbonyl (C=O) groups is 2. The summed E-state index contributed by atoms with van der Waals surface area (Å²) in [4.78, 5) is 27.9. The number of carboxylic acids is 1. The minimum absolute atomic E-state index is 0.0168. The van der Waals surface area contributed by atoms with Crippen molar-refractivity contribution in [2.24, 2.45) is 0 Å². The van der Waals surface area contributed by atoms with Crippen LogP contribution in [0.3, 0.4) is 0 Å². The predicted molar refractivity (Wildman–Crippen MR) is 160 cm³/mol. The molecule has 1 fully saturated rings. The summed E-state index contributed by atoms with van der Waals surface area (Å²) in [5, 5.41) is 21.1. The molecule has 1 amide bonds. The normalized spacial score (nSPS) is 18.8. The van der Waals surface area contributed by atoms with E-state index in [9.17, 15) is 14.7 Å². The number of aromatic nitrogens is 1. The summed E-state index contributed by atoms with van der Waals surface area (Å²) in [6.45, 7) is -0.0168. The predicted octanol–water partition coefficient (Wildman–Crippen LogP) is 6.71. The number of anilines is 1. The molecule has 214 valence electrons. The van der Waals surface area contributed by atoms with Gasteiger partial charge in [0.1, 0.15) is 0 Å². The lowest BCUT2D eigenvalue weighted by Crippen LogP contribution is -2.31. The molecule has 3 N–H and O–H groups in total. The molecule has 10 heteroatoms. The molecule has 0 bridgehead atoms. The molecule has 1 saturated heterocycles. The average molecular weight is 593 g/mol. The molecule has 0 aliphatic carbocycles. The van der Waals surface area contributed by atoms with E-state index >= 15 is 0 Å². The number of thioether (sulfide) groups is 1. The SMILES string of the molecule is O=C(O)CCCCC(=O)Nc1cccc(C2OC(CSc3nc4ccccc4s3)CC(c3ccc(CO)cc3)O2)c1. The van der Waals surface area contributed by atoms with Crippen molar-refractivity contribution < 1.29 is 29.3 Å². The van der Waals surface area contributed by atoms with E-state index in [1.54, 1.807) is 23.1 Å². The first kappa shape index (κ1) is 29.2. The number of ether oxygens (including phenoxy) is 2. The van der Waals surface area contributed by atoms with Crippen molar-refractivity contribution in [2.75, 3.05) is 11.1 Å². The number of benzene rings is 3. The van der Waals surface area contributed by atoms with Crippen molar-refractivity contribution in [3.05, 3.63) is 89.5 Å². The van der Waals surface area contributed by atoms with Crippen LogP contribution in [0.4, 0.5) is 5.69 Å². The summed E-state index contributed by atoms with van der Waals surface area (Å²) >= 11 is 3.35. The number of nitrogens with one attached hydrogen (secondary N) is 1. The van der Waals surface area contributed by atoms with Crippen molar-refractivity contribution in [3.8, 4) is 0 Å². The van der Waals surface area contributed by atoms with Gasteiger partial charge in [-0.05, 0) is 48.2 Å². The van der Waals surface area contributed by atoms with E-state index in [0.29, 0.717) is 30.7 Å². The van der Waals surface area contributed by atoms with E-state index < -0.39 is 12.3 Å². The van der Waals surface area contributed by atoms with Crippen LogP contribution in [-0.4, -0.2) is 38.9 Å². The van der Waals surface area contributed by atoms with Crippen molar-refractivity contribution in [1.82, 2.24) is 4.98 Å². The van der Waals surface area contributed by atoms with E-state index in [0.717, 1.165) is 31.2 Å². The zero-order valence-corrected chi connectivity index (χ0v) is 24.0. The minimum atomic E-state index is -0.856. The molecule has 1 aliphatic heterocycles. The first-order chi connectivity index (χ1) is 20.0. The maximum Gasteiger partial charge on any atom is 0.303 e. The van der Waals surface area contributed by atoms with Crippen molar-refractivity contribution in [3.63, 3.8) is 0 Å². The summed E-state index contributed by atoms with van der Waals surface area (Å²) in [7, 11) is 0. The van der Waals surface area contributed by atoms with Gasteiger partial charge >= 0.3 is 5.97 Å². The van der Waals surface area contributed by atoms with E-state index in [4.69, 9.17) is 19.6 Å². The second kappa shape index (κ2) is 14.1. The van der Waals surface area contributed by atoms with E-state index in [2.05, 4.69) is 11.4 Å². The summed E-state index contributed by atoms with van der Waals surface area (Å²) in [6, 6.07) is 23.3. The van der Waals surface area contributed by atoms with Gasteiger partial charge in [-0.15, -0.1) is 11.3 Å². The summed E-state index contributed by atoms with van der Waals surface area (Å²) in [6.07, 6.45) is 0.989.